The smallest absolute Gasteiger partial charge is 0.340 e. The van der Waals surface area contributed by atoms with E-state index >= 15 is 0 Å². The number of carbonyl (C=O) groups excluding carboxylic acids is 2. The average molecular weight is 502 g/mol. The van der Waals surface area contributed by atoms with E-state index in [4.69, 9.17) is 19.9 Å². The van der Waals surface area contributed by atoms with E-state index in [9.17, 15) is 9.59 Å². The average Bonchev–Trinajstić information content (AvgIpc) is 2.87. The van der Waals surface area contributed by atoms with Gasteiger partial charge in [-0.1, -0.05) is 26.7 Å². The standard InChI is InChI=1S/C15H22N2O3.C12H17NO3/c1-5-6-9-20-12-7-8-13(15(18)19-4)14(10-12)16-11-17(2)3;1-3-4-7-16-9-5-6-10(11(13)8-9)12(14)15-2/h7-8,10-11H,5-6,9H2,1-4H3;5-6,8H,3-4,7,13H2,1-2H3. The number of hydrogen-bond donors (Lipinski definition) is 1. The molecule has 0 atom stereocenters. The van der Waals surface area contributed by atoms with Crippen LogP contribution in [0.1, 0.15) is 60.2 Å². The predicted molar refractivity (Wildman–Crippen MR) is 143 cm³/mol. The molecule has 0 aliphatic carbocycles. The summed E-state index contributed by atoms with van der Waals surface area (Å²) in [6.07, 6.45) is 5.78. The second kappa shape index (κ2) is 16.8. The molecule has 0 spiro atoms. The van der Waals surface area contributed by atoms with Crippen molar-refractivity contribution in [2.24, 2.45) is 4.99 Å². The van der Waals surface area contributed by atoms with Crippen LogP contribution in [-0.2, 0) is 9.47 Å². The Morgan fingerprint density at radius 2 is 1.36 bits per heavy atom. The van der Waals surface area contributed by atoms with Crippen LogP contribution in [0.2, 0.25) is 0 Å². The first-order valence-electron chi connectivity index (χ1n) is 11.9. The van der Waals surface area contributed by atoms with Crippen LogP contribution >= 0.6 is 0 Å². The number of rotatable bonds is 12. The number of esters is 2. The lowest BCUT2D eigenvalue weighted by molar-refractivity contribution is 0.0592. The first kappa shape index (κ1) is 30.3. The number of aliphatic imine (C=N–C) groups is 1. The Balaban J connectivity index is 0.000000369. The summed E-state index contributed by atoms with van der Waals surface area (Å²) in [5.41, 5.74) is 7.43. The molecule has 9 nitrogen and oxygen atoms in total. The summed E-state index contributed by atoms with van der Waals surface area (Å²) in [5, 5.41) is 0. The molecule has 0 saturated heterocycles. The zero-order valence-corrected chi connectivity index (χ0v) is 22.2. The van der Waals surface area contributed by atoms with Crippen molar-refractivity contribution in [3.63, 3.8) is 0 Å². The third kappa shape index (κ3) is 10.7. The third-order valence-corrected chi connectivity index (χ3v) is 4.76. The highest BCUT2D eigenvalue weighted by Crippen LogP contribution is 2.26. The summed E-state index contributed by atoms with van der Waals surface area (Å²) in [6, 6.07) is 10.2. The molecule has 0 aromatic heterocycles. The van der Waals surface area contributed by atoms with Gasteiger partial charge in [0.25, 0.3) is 0 Å². The third-order valence-electron chi connectivity index (χ3n) is 4.76. The molecule has 198 valence electrons. The van der Waals surface area contributed by atoms with E-state index in [1.165, 1.54) is 14.2 Å². The number of nitrogens with two attached hydrogens (primary N) is 1. The van der Waals surface area contributed by atoms with Gasteiger partial charge >= 0.3 is 11.9 Å². The highest BCUT2D eigenvalue weighted by Gasteiger charge is 2.12. The maximum absolute atomic E-state index is 11.7. The first-order chi connectivity index (χ1) is 17.3. The number of unbranched alkanes of at least 4 members (excludes halogenated alkanes) is 2. The molecule has 2 N–H and O–H groups in total. The lowest BCUT2D eigenvalue weighted by atomic mass is 10.1. The Morgan fingerprint density at radius 3 is 1.83 bits per heavy atom. The van der Waals surface area contributed by atoms with Gasteiger partial charge in [-0.3, -0.25) is 0 Å². The summed E-state index contributed by atoms with van der Waals surface area (Å²) in [4.78, 5) is 29.0. The fraction of sp³-hybridized carbons (Fsp3) is 0.444. The predicted octanol–water partition coefficient (Wildman–Crippen LogP) is 5.11. The lowest BCUT2D eigenvalue weighted by Crippen LogP contribution is -2.08. The largest absolute Gasteiger partial charge is 0.494 e. The zero-order chi connectivity index (χ0) is 26.9. The molecule has 2 aromatic carbocycles. The van der Waals surface area contributed by atoms with Crippen molar-refractivity contribution in [3.05, 3.63) is 47.5 Å². The number of ether oxygens (including phenoxy) is 4. The number of anilines is 1. The SMILES string of the molecule is CCCCOc1ccc(C(=O)OC)c(N)c1.CCCCOc1ccc(C(=O)OC)c(N=CN(C)C)c1. The van der Waals surface area contributed by atoms with Gasteiger partial charge in [-0.25, -0.2) is 14.6 Å². The molecule has 0 bridgehead atoms. The van der Waals surface area contributed by atoms with E-state index in [-0.39, 0.29) is 0 Å². The monoisotopic (exact) mass is 501 g/mol. The second-order valence-electron chi connectivity index (χ2n) is 8.02. The Bertz CT molecular complexity index is 991. The van der Waals surface area contributed by atoms with Gasteiger partial charge in [0.1, 0.15) is 11.5 Å². The topological polar surface area (TPSA) is 113 Å². The van der Waals surface area contributed by atoms with Crippen LogP contribution in [0.4, 0.5) is 11.4 Å². The van der Waals surface area contributed by atoms with Gasteiger partial charge in [0.15, 0.2) is 0 Å². The molecule has 0 saturated carbocycles. The van der Waals surface area contributed by atoms with Gasteiger partial charge in [0.05, 0.1) is 50.6 Å². The fourth-order valence-corrected chi connectivity index (χ4v) is 2.76. The first-order valence-corrected chi connectivity index (χ1v) is 11.9. The van der Waals surface area contributed by atoms with Gasteiger partial charge in [-0.2, -0.15) is 0 Å². The van der Waals surface area contributed by atoms with Crippen LogP contribution in [0, 0.1) is 0 Å². The maximum Gasteiger partial charge on any atom is 0.340 e. The second-order valence-corrected chi connectivity index (χ2v) is 8.02. The van der Waals surface area contributed by atoms with E-state index in [0.717, 1.165) is 25.7 Å². The number of benzene rings is 2. The van der Waals surface area contributed by atoms with Crippen molar-refractivity contribution in [3.8, 4) is 11.5 Å². The Morgan fingerprint density at radius 1 is 0.861 bits per heavy atom. The fourth-order valence-electron chi connectivity index (χ4n) is 2.76. The van der Waals surface area contributed by atoms with E-state index < -0.39 is 11.9 Å². The Kier molecular flexibility index (Phi) is 14.1. The molecule has 0 unspecified atom stereocenters. The van der Waals surface area contributed by atoms with Gasteiger partial charge < -0.3 is 29.6 Å². The van der Waals surface area contributed by atoms with Gasteiger partial charge in [0.2, 0.25) is 0 Å². The lowest BCUT2D eigenvalue weighted by Gasteiger charge is -2.10. The molecule has 36 heavy (non-hydrogen) atoms. The quantitative estimate of drug-likeness (QED) is 0.140. The molecular formula is C27H39N3O6. The van der Waals surface area contributed by atoms with E-state index in [2.05, 4.69) is 23.6 Å². The number of carbonyl (C=O) groups is 2. The molecule has 2 rings (SSSR count). The van der Waals surface area contributed by atoms with Crippen molar-refractivity contribution in [2.75, 3.05) is 47.3 Å². The summed E-state index contributed by atoms with van der Waals surface area (Å²) in [6.45, 7) is 5.52. The van der Waals surface area contributed by atoms with Crippen LogP contribution in [0.5, 0.6) is 11.5 Å². The van der Waals surface area contributed by atoms with Crippen molar-refractivity contribution >= 4 is 29.7 Å². The molecular weight excluding hydrogens is 462 g/mol. The van der Waals surface area contributed by atoms with Crippen LogP contribution in [0.15, 0.2) is 41.4 Å². The van der Waals surface area contributed by atoms with Gasteiger partial charge in [-0.05, 0) is 37.1 Å². The molecule has 9 heteroatoms. The van der Waals surface area contributed by atoms with Crippen molar-refractivity contribution in [1.82, 2.24) is 4.90 Å². The summed E-state index contributed by atoms with van der Waals surface area (Å²) >= 11 is 0. The minimum atomic E-state index is -0.433. The minimum Gasteiger partial charge on any atom is -0.494 e. The molecule has 0 fully saturated rings. The van der Waals surface area contributed by atoms with Gasteiger partial charge in [0, 0.05) is 31.9 Å². The Labute approximate surface area is 214 Å². The van der Waals surface area contributed by atoms with E-state index in [1.807, 2.05) is 14.1 Å². The molecule has 0 amide bonds. The highest BCUT2D eigenvalue weighted by atomic mass is 16.5. The Hall–Kier alpha value is -3.75. The summed E-state index contributed by atoms with van der Waals surface area (Å²) in [5.74, 6) is 0.546. The number of nitrogens with zero attached hydrogens (tertiary/aromatic N) is 2. The highest BCUT2D eigenvalue weighted by molar-refractivity contribution is 5.96. The number of nitrogen functional groups attached to an aromatic ring is 1. The van der Waals surface area contributed by atoms with Crippen LogP contribution < -0.4 is 15.2 Å². The minimum absolute atomic E-state index is 0.366. The molecule has 0 radical (unpaired) electrons. The van der Waals surface area contributed by atoms with E-state index in [1.54, 1.807) is 47.6 Å². The number of methoxy groups -OCH3 is 2. The van der Waals surface area contributed by atoms with Crippen LogP contribution in [-0.4, -0.2) is 64.7 Å². The van der Waals surface area contributed by atoms with E-state index in [0.29, 0.717) is 47.2 Å². The number of hydrogen-bond acceptors (Lipinski definition) is 8. The summed E-state index contributed by atoms with van der Waals surface area (Å²) in [7, 11) is 6.41. The van der Waals surface area contributed by atoms with Crippen molar-refractivity contribution in [2.45, 2.75) is 39.5 Å². The van der Waals surface area contributed by atoms with Gasteiger partial charge in [-0.15, -0.1) is 0 Å². The maximum atomic E-state index is 11.7. The molecule has 0 aliphatic rings. The van der Waals surface area contributed by atoms with Crippen LogP contribution in [0.25, 0.3) is 0 Å². The zero-order valence-electron chi connectivity index (χ0n) is 22.2. The van der Waals surface area contributed by atoms with Crippen LogP contribution in [0.3, 0.4) is 0 Å². The van der Waals surface area contributed by atoms with Crippen molar-refractivity contribution in [1.29, 1.82) is 0 Å². The van der Waals surface area contributed by atoms with Crippen molar-refractivity contribution < 1.29 is 28.5 Å². The normalized spacial score (nSPS) is 10.3. The molecule has 0 heterocycles. The molecule has 2 aromatic rings. The molecule has 0 aliphatic heterocycles. The summed E-state index contributed by atoms with van der Waals surface area (Å²) < 4.78 is 20.4.